The number of hydrogen-bond acceptors (Lipinski definition) is 2. The summed E-state index contributed by atoms with van der Waals surface area (Å²) in [6.07, 6.45) is 7.32. The molecule has 1 fully saturated rings. The Hall–Kier alpha value is -0.0800. The number of aliphatic hydroxyl groups excluding tert-OH is 1. The average Bonchev–Trinajstić information content (AvgIpc) is 2.18. The van der Waals surface area contributed by atoms with Crippen LogP contribution in [0.4, 0.5) is 0 Å². The number of rotatable bonds is 5. The van der Waals surface area contributed by atoms with Gasteiger partial charge in [0.05, 0.1) is 6.10 Å². The normalized spacial score (nSPS) is 29.4. The molecule has 0 aromatic heterocycles. The highest BCUT2D eigenvalue weighted by Gasteiger charge is 2.25. The fourth-order valence-corrected chi connectivity index (χ4v) is 2.84. The predicted octanol–water partition coefficient (Wildman–Crippen LogP) is 2.66. The second-order valence-corrected chi connectivity index (χ2v) is 5.21. The van der Waals surface area contributed by atoms with Crippen molar-refractivity contribution in [3.8, 4) is 0 Å². The first-order chi connectivity index (χ1) is 7.15. The van der Waals surface area contributed by atoms with Gasteiger partial charge in [-0.25, -0.2) is 0 Å². The van der Waals surface area contributed by atoms with Crippen molar-refractivity contribution in [2.24, 2.45) is 5.92 Å². The van der Waals surface area contributed by atoms with Crippen molar-refractivity contribution >= 4 is 0 Å². The van der Waals surface area contributed by atoms with Crippen molar-refractivity contribution < 1.29 is 5.11 Å². The highest BCUT2D eigenvalue weighted by Crippen LogP contribution is 2.27. The average molecular weight is 213 g/mol. The summed E-state index contributed by atoms with van der Waals surface area (Å²) in [5.41, 5.74) is 0. The summed E-state index contributed by atoms with van der Waals surface area (Å²) < 4.78 is 0. The van der Waals surface area contributed by atoms with Gasteiger partial charge in [0.15, 0.2) is 0 Å². The van der Waals surface area contributed by atoms with Gasteiger partial charge in [0.25, 0.3) is 0 Å². The summed E-state index contributed by atoms with van der Waals surface area (Å²) in [6, 6.07) is 0.699. The molecule has 0 spiro atoms. The molecule has 0 aromatic rings. The van der Waals surface area contributed by atoms with E-state index >= 15 is 0 Å². The maximum atomic E-state index is 9.79. The Morgan fingerprint density at radius 3 is 2.60 bits per heavy atom. The van der Waals surface area contributed by atoms with E-state index in [2.05, 4.69) is 25.8 Å². The third-order valence-corrected chi connectivity index (χ3v) is 3.75. The summed E-state index contributed by atoms with van der Waals surface area (Å²) in [7, 11) is 2.17. The fourth-order valence-electron chi connectivity index (χ4n) is 2.84. The van der Waals surface area contributed by atoms with E-state index in [0.29, 0.717) is 6.04 Å². The number of aliphatic hydroxyl groups is 1. The van der Waals surface area contributed by atoms with Gasteiger partial charge in [-0.2, -0.15) is 0 Å². The Bertz CT molecular complexity index is 172. The summed E-state index contributed by atoms with van der Waals surface area (Å²) in [6.45, 7) is 5.34. The van der Waals surface area contributed by atoms with Crippen molar-refractivity contribution in [1.29, 1.82) is 0 Å². The first-order valence-electron chi connectivity index (χ1n) is 6.53. The van der Waals surface area contributed by atoms with E-state index in [-0.39, 0.29) is 6.10 Å². The van der Waals surface area contributed by atoms with Crippen LogP contribution in [0.3, 0.4) is 0 Å². The van der Waals surface area contributed by atoms with E-state index in [1.165, 1.54) is 25.7 Å². The molecule has 2 nitrogen and oxygen atoms in total. The lowest BCUT2D eigenvalue weighted by Crippen LogP contribution is -2.42. The van der Waals surface area contributed by atoms with Crippen molar-refractivity contribution in [3.63, 3.8) is 0 Å². The van der Waals surface area contributed by atoms with Crippen LogP contribution in [0.25, 0.3) is 0 Å². The molecule has 15 heavy (non-hydrogen) atoms. The molecule has 0 bridgehead atoms. The van der Waals surface area contributed by atoms with Gasteiger partial charge in [0.1, 0.15) is 0 Å². The lowest BCUT2D eigenvalue weighted by Gasteiger charge is -2.37. The standard InChI is InChI=1S/C13H27NO/c1-4-7-12(15)10-14(3)13-9-6-5-8-11(13)2/h11-13,15H,4-10H2,1-3H3. The molecule has 1 rings (SSSR count). The van der Waals surface area contributed by atoms with Crippen molar-refractivity contribution in [2.75, 3.05) is 13.6 Å². The molecule has 0 heterocycles. The number of hydrogen-bond donors (Lipinski definition) is 1. The summed E-state index contributed by atoms with van der Waals surface area (Å²) in [4.78, 5) is 2.38. The van der Waals surface area contributed by atoms with Crippen LogP contribution in [-0.2, 0) is 0 Å². The topological polar surface area (TPSA) is 23.5 Å². The molecule has 2 heteroatoms. The third kappa shape index (κ3) is 4.12. The second-order valence-electron chi connectivity index (χ2n) is 5.21. The van der Waals surface area contributed by atoms with Crippen LogP contribution >= 0.6 is 0 Å². The molecule has 0 amide bonds. The van der Waals surface area contributed by atoms with Crippen LogP contribution in [0.2, 0.25) is 0 Å². The molecule has 3 unspecified atom stereocenters. The van der Waals surface area contributed by atoms with E-state index in [0.717, 1.165) is 25.3 Å². The van der Waals surface area contributed by atoms with E-state index in [4.69, 9.17) is 0 Å². The first-order valence-corrected chi connectivity index (χ1v) is 6.53. The van der Waals surface area contributed by atoms with Crippen molar-refractivity contribution in [3.05, 3.63) is 0 Å². The van der Waals surface area contributed by atoms with Gasteiger partial charge in [-0.05, 0) is 32.2 Å². The fraction of sp³-hybridized carbons (Fsp3) is 1.00. The minimum absolute atomic E-state index is 0.130. The van der Waals surface area contributed by atoms with Gasteiger partial charge in [-0.3, -0.25) is 0 Å². The van der Waals surface area contributed by atoms with Crippen LogP contribution in [-0.4, -0.2) is 35.7 Å². The third-order valence-electron chi connectivity index (χ3n) is 3.75. The Morgan fingerprint density at radius 1 is 1.33 bits per heavy atom. The van der Waals surface area contributed by atoms with Crippen molar-refractivity contribution in [1.82, 2.24) is 4.90 Å². The zero-order valence-corrected chi connectivity index (χ0v) is 10.6. The molecule has 0 radical (unpaired) electrons. The Labute approximate surface area is 94.7 Å². The van der Waals surface area contributed by atoms with Gasteiger partial charge in [0.2, 0.25) is 0 Å². The molecule has 1 N–H and O–H groups in total. The number of likely N-dealkylation sites (N-methyl/N-ethyl adjacent to an activating group) is 1. The van der Waals surface area contributed by atoms with Gasteiger partial charge < -0.3 is 10.0 Å². The molecule has 1 aliphatic rings. The monoisotopic (exact) mass is 213 g/mol. The molecule has 1 saturated carbocycles. The van der Waals surface area contributed by atoms with Gasteiger partial charge in [0, 0.05) is 12.6 Å². The number of nitrogens with zero attached hydrogens (tertiary/aromatic N) is 1. The molecular formula is C13H27NO. The molecular weight excluding hydrogens is 186 g/mol. The zero-order chi connectivity index (χ0) is 11.3. The quantitative estimate of drug-likeness (QED) is 0.759. The highest BCUT2D eigenvalue weighted by molar-refractivity contribution is 4.80. The van der Waals surface area contributed by atoms with E-state index < -0.39 is 0 Å². The van der Waals surface area contributed by atoms with Gasteiger partial charge in [-0.15, -0.1) is 0 Å². The highest BCUT2D eigenvalue weighted by atomic mass is 16.3. The van der Waals surface area contributed by atoms with E-state index in [1.54, 1.807) is 0 Å². The summed E-state index contributed by atoms with van der Waals surface area (Å²) in [5, 5.41) is 9.79. The van der Waals surface area contributed by atoms with E-state index in [9.17, 15) is 5.11 Å². The first kappa shape index (κ1) is 13.0. The zero-order valence-electron chi connectivity index (χ0n) is 10.6. The maximum Gasteiger partial charge on any atom is 0.0667 e. The van der Waals surface area contributed by atoms with Crippen LogP contribution in [0.1, 0.15) is 52.4 Å². The largest absolute Gasteiger partial charge is 0.392 e. The molecule has 0 aliphatic heterocycles. The SMILES string of the molecule is CCCC(O)CN(C)C1CCCCC1C. The smallest absolute Gasteiger partial charge is 0.0667 e. The van der Waals surface area contributed by atoms with Crippen LogP contribution in [0.5, 0.6) is 0 Å². The predicted molar refractivity (Wildman–Crippen MR) is 65.0 cm³/mol. The minimum atomic E-state index is -0.130. The lowest BCUT2D eigenvalue weighted by atomic mass is 9.85. The Kier molecular flexibility index (Phi) is 5.62. The summed E-state index contributed by atoms with van der Waals surface area (Å²) >= 11 is 0. The summed E-state index contributed by atoms with van der Waals surface area (Å²) in [5.74, 6) is 0.803. The molecule has 0 saturated heterocycles. The Balaban J connectivity index is 2.34. The van der Waals surface area contributed by atoms with Crippen LogP contribution < -0.4 is 0 Å². The van der Waals surface area contributed by atoms with Gasteiger partial charge >= 0.3 is 0 Å². The second kappa shape index (κ2) is 6.49. The molecule has 90 valence electrons. The van der Waals surface area contributed by atoms with Crippen LogP contribution in [0.15, 0.2) is 0 Å². The molecule has 0 aromatic carbocycles. The lowest BCUT2D eigenvalue weighted by molar-refractivity contribution is 0.0667. The minimum Gasteiger partial charge on any atom is -0.392 e. The maximum absolute atomic E-state index is 9.79. The molecule has 1 aliphatic carbocycles. The van der Waals surface area contributed by atoms with Gasteiger partial charge in [-0.1, -0.05) is 33.1 Å². The van der Waals surface area contributed by atoms with Crippen molar-refractivity contribution in [2.45, 2.75) is 64.5 Å². The van der Waals surface area contributed by atoms with E-state index in [1.807, 2.05) is 0 Å². The Morgan fingerprint density at radius 2 is 2.00 bits per heavy atom. The van der Waals surface area contributed by atoms with Crippen LogP contribution in [0, 0.1) is 5.92 Å². The molecule has 3 atom stereocenters.